The summed E-state index contributed by atoms with van der Waals surface area (Å²) in [5, 5.41) is 0. The molecule has 1 saturated heterocycles. The van der Waals surface area contributed by atoms with Gasteiger partial charge in [0.25, 0.3) is 0 Å². The van der Waals surface area contributed by atoms with E-state index in [0.29, 0.717) is 12.2 Å². The van der Waals surface area contributed by atoms with Gasteiger partial charge in [0.05, 0.1) is 32.3 Å². The van der Waals surface area contributed by atoms with Gasteiger partial charge in [0.2, 0.25) is 0 Å². The molecule has 0 aliphatic carbocycles. The monoisotopic (exact) mass is 264 g/mol. The Morgan fingerprint density at radius 2 is 1.89 bits per heavy atom. The highest BCUT2D eigenvalue weighted by atomic mass is 16.5. The van der Waals surface area contributed by atoms with Crippen LogP contribution in [0.1, 0.15) is 30.1 Å². The van der Waals surface area contributed by atoms with E-state index in [-0.39, 0.29) is 12.1 Å². The lowest BCUT2D eigenvalue weighted by Gasteiger charge is -2.26. The molecule has 0 spiro atoms. The van der Waals surface area contributed by atoms with Gasteiger partial charge in [-0.05, 0) is 31.2 Å². The van der Waals surface area contributed by atoms with Gasteiger partial charge in [0, 0.05) is 12.8 Å². The molecule has 1 fully saturated rings. The normalized spacial score (nSPS) is 22.8. The fourth-order valence-corrected chi connectivity index (χ4v) is 2.28. The van der Waals surface area contributed by atoms with Crippen LogP contribution in [0.5, 0.6) is 5.75 Å². The van der Waals surface area contributed by atoms with Gasteiger partial charge in [-0.2, -0.15) is 0 Å². The SMILES string of the molecule is CCOc1ccc(C(=O)OC2CC[NH+](C)CC2)cc1. The molecule has 1 aliphatic rings. The van der Waals surface area contributed by atoms with Crippen molar-refractivity contribution >= 4 is 5.97 Å². The van der Waals surface area contributed by atoms with Crippen LogP contribution in [0.2, 0.25) is 0 Å². The molecule has 1 aromatic rings. The van der Waals surface area contributed by atoms with Crippen LogP contribution < -0.4 is 9.64 Å². The van der Waals surface area contributed by atoms with E-state index in [1.54, 1.807) is 24.3 Å². The molecule has 19 heavy (non-hydrogen) atoms. The second-order valence-electron chi connectivity index (χ2n) is 5.02. The van der Waals surface area contributed by atoms with Crippen LogP contribution in [0.3, 0.4) is 0 Å². The highest BCUT2D eigenvalue weighted by molar-refractivity contribution is 5.89. The quantitative estimate of drug-likeness (QED) is 0.822. The second kappa shape index (κ2) is 6.57. The van der Waals surface area contributed by atoms with E-state index >= 15 is 0 Å². The maximum absolute atomic E-state index is 12.0. The number of rotatable bonds is 4. The van der Waals surface area contributed by atoms with Crippen molar-refractivity contribution in [1.82, 2.24) is 0 Å². The zero-order valence-electron chi connectivity index (χ0n) is 11.6. The number of hydrogen-bond donors (Lipinski definition) is 1. The summed E-state index contributed by atoms with van der Waals surface area (Å²) in [6.07, 6.45) is 1.98. The number of carbonyl (C=O) groups is 1. The molecule has 1 aromatic carbocycles. The Labute approximate surface area is 114 Å². The third-order valence-electron chi connectivity index (χ3n) is 3.46. The number of quaternary nitrogens is 1. The Morgan fingerprint density at radius 1 is 1.26 bits per heavy atom. The first-order chi connectivity index (χ1) is 9.19. The standard InChI is InChI=1S/C15H21NO3/c1-3-18-13-6-4-12(5-7-13)15(17)19-14-8-10-16(2)11-9-14/h4-7,14H,3,8-11H2,1-2H3/p+1. The molecule has 4 nitrogen and oxygen atoms in total. The van der Waals surface area contributed by atoms with Crippen molar-refractivity contribution in [3.63, 3.8) is 0 Å². The Morgan fingerprint density at radius 3 is 2.47 bits per heavy atom. The molecule has 2 rings (SSSR count). The first-order valence-corrected chi connectivity index (χ1v) is 6.94. The Bertz CT molecular complexity index is 408. The van der Waals surface area contributed by atoms with Gasteiger partial charge in [0.1, 0.15) is 11.9 Å². The van der Waals surface area contributed by atoms with Crippen molar-refractivity contribution < 1.29 is 19.2 Å². The molecular weight excluding hydrogens is 242 g/mol. The highest BCUT2D eigenvalue weighted by Crippen LogP contribution is 2.15. The van der Waals surface area contributed by atoms with Crippen LogP contribution in [0, 0.1) is 0 Å². The van der Waals surface area contributed by atoms with Gasteiger partial charge in [0.15, 0.2) is 0 Å². The molecular formula is C15H22NO3+. The van der Waals surface area contributed by atoms with Crippen LogP contribution >= 0.6 is 0 Å². The van der Waals surface area contributed by atoms with Gasteiger partial charge in [-0.1, -0.05) is 0 Å². The molecule has 1 N–H and O–H groups in total. The first kappa shape index (κ1) is 13.9. The molecule has 0 bridgehead atoms. The van der Waals surface area contributed by atoms with Crippen molar-refractivity contribution in [2.45, 2.75) is 25.9 Å². The van der Waals surface area contributed by atoms with E-state index in [4.69, 9.17) is 9.47 Å². The van der Waals surface area contributed by atoms with E-state index < -0.39 is 0 Å². The van der Waals surface area contributed by atoms with Gasteiger partial charge < -0.3 is 14.4 Å². The lowest BCUT2D eigenvalue weighted by molar-refractivity contribution is -0.885. The minimum Gasteiger partial charge on any atom is -0.494 e. The average molecular weight is 264 g/mol. The molecule has 0 unspecified atom stereocenters. The molecule has 0 radical (unpaired) electrons. The zero-order valence-corrected chi connectivity index (χ0v) is 11.6. The van der Waals surface area contributed by atoms with Crippen LogP contribution in [0.25, 0.3) is 0 Å². The molecule has 0 amide bonds. The summed E-state index contributed by atoms with van der Waals surface area (Å²) in [7, 11) is 2.17. The van der Waals surface area contributed by atoms with Crippen molar-refractivity contribution in [3.05, 3.63) is 29.8 Å². The topological polar surface area (TPSA) is 40.0 Å². The number of hydrogen-bond acceptors (Lipinski definition) is 3. The summed E-state index contributed by atoms with van der Waals surface area (Å²) >= 11 is 0. The van der Waals surface area contributed by atoms with Crippen LogP contribution in [0.15, 0.2) is 24.3 Å². The zero-order chi connectivity index (χ0) is 13.7. The second-order valence-corrected chi connectivity index (χ2v) is 5.02. The van der Waals surface area contributed by atoms with E-state index in [9.17, 15) is 4.79 Å². The number of esters is 1. The maximum Gasteiger partial charge on any atom is 0.338 e. The smallest absolute Gasteiger partial charge is 0.338 e. The predicted octanol–water partition coefficient (Wildman–Crippen LogP) is 0.919. The number of nitrogens with one attached hydrogen (secondary N) is 1. The number of benzene rings is 1. The van der Waals surface area contributed by atoms with Crippen LogP contribution in [-0.4, -0.2) is 38.8 Å². The summed E-state index contributed by atoms with van der Waals surface area (Å²) in [5.41, 5.74) is 0.592. The van der Waals surface area contributed by atoms with E-state index in [1.165, 1.54) is 4.90 Å². The van der Waals surface area contributed by atoms with Crippen LogP contribution in [-0.2, 0) is 4.74 Å². The Balaban J connectivity index is 1.88. The minimum atomic E-state index is -0.229. The van der Waals surface area contributed by atoms with E-state index in [1.807, 2.05) is 6.92 Å². The number of carbonyl (C=O) groups excluding carboxylic acids is 1. The molecule has 0 atom stereocenters. The lowest BCUT2D eigenvalue weighted by Crippen LogP contribution is -3.10. The van der Waals surface area contributed by atoms with Gasteiger partial charge in [-0.15, -0.1) is 0 Å². The number of piperidine rings is 1. The van der Waals surface area contributed by atoms with Crippen molar-refractivity contribution in [2.75, 3.05) is 26.7 Å². The van der Waals surface area contributed by atoms with E-state index in [0.717, 1.165) is 31.7 Å². The molecule has 0 aromatic heterocycles. The highest BCUT2D eigenvalue weighted by Gasteiger charge is 2.23. The van der Waals surface area contributed by atoms with Crippen molar-refractivity contribution in [2.24, 2.45) is 0 Å². The molecule has 0 saturated carbocycles. The van der Waals surface area contributed by atoms with Gasteiger partial charge in [-0.3, -0.25) is 0 Å². The van der Waals surface area contributed by atoms with Gasteiger partial charge in [-0.25, -0.2) is 4.79 Å². The summed E-state index contributed by atoms with van der Waals surface area (Å²) in [5.74, 6) is 0.551. The molecule has 104 valence electrons. The average Bonchev–Trinajstić information content (AvgIpc) is 2.42. The maximum atomic E-state index is 12.0. The Kier molecular flexibility index (Phi) is 4.80. The third kappa shape index (κ3) is 3.96. The van der Waals surface area contributed by atoms with E-state index in [2.05, 4.69) is 7.05 Å². The predicted molar refractivity (Wildman–Crippen MR) is 72.7 cm³/mol. The molecule has 1 aliphatic heterocycles. The fraction of sp³-hybridized carbons (Fsp3) is 0.533. The first-order valence-electron chi connectivity index (χ1n) is 6.94. The minimum absolute atomic E-state index is 0.0720. The number of likely N-dealkylation sites (tertiary alicyclic amines) is 1. The van der Waals surface area contributed by atoms with Crippen LogP contribution in [0.4, 0.5) is 0 Å². The Hall–Kier alpha value is -1.55. The summed E-state index contributed by atoms with van der Waals surface area (Å²) in [6.45, 7) is 4.70. The summed E-state index contributed by atoms with van der Waals surface area (Å²) in [6, 6.07) is 7.12. The third-order valence-corrected chi connectivity index (χ3v) is 3.46. The molecule has 1 heterocycles. The fourth-order valence-electron chi connectivity index (χ4n) is 2.28. The lowest BCUT2D eigenvalue weighted by atomic mass is 10.1. The summed E-state index contributed by atoms with van der Waals surface area (Å²) < 4.78 is 10.9. The van der Waals surface area contributed by atoms with Crippen molar-refractivity contribution in [1.29, 1.82) is 0 Å². The number of ether oxygens (including phenoxy) is 2. The largest absolute Gasteiger partial charge is 0.494 e. The molecule has 4 heteroatoms. The van der Waals surface area contributed by atoms with Crippen molar-refractivity contribution in [3.8, 4) is 5.75 Å². The summed E-state index contributed by atoms with van der Waals surface area (Å²) in [4.78, 5) is 13.5. The van der Waals surface area contributed by atoms with Gasteiger partial charge >= 0.3 is 5.97 Å².